The second-order valence-corrected chi connectivity index (χ2v) is 3.78. The third-order valence-corrected chi connectivity index (χ3v) is 2.57. The molecule has 0 aliphatic carbocycles. The topological polar surface area (TPSA) is 60.5 Å². The normalized spacial score (nSPS) is 10.0. The van der Waals surface area contributed by atoms with Gasteiger partial charge in [0.25, 0.3) is 0 Å². The molecule has 0 aromatic carbocycles. The summed E-state index contributed by atoms with van der Waals surface area (Å²) in [4.78, 5) is 15.1. The van der Waals surface area contributed by atoms with E-state index in [9.17, 15) is 4.79 Å². The van der Waals surface area contributed by atoms with Crippen molar-refractivity contribution in [3.05, 3.63) is 16.1 Å². The Morgan fingerprint density at radius 2 is 2.40 bits per heavy atom. The van der Waals surface area contributed by atoms with Gasteiger partial charge in [-0.1, -0.05) is 0 Å². The van der Waals surface area contributed by atoms with Crippen molar-refractivity contribution in [2.24, 2.45) is 0 Å². The molecule has 1 heterocycles. The Labute approximate surface area is 92.4 Å². The maximum atomic E-state index is 10.7. The maximum absolute atomic E-state index is 10.7. The number of carbonyl (C=O) groups is 1. The fraction of sp³-hybridized carbons (Fsp3) is 0.556. The molecule has 15 heavy (non-hydrogen) atoms. The molecule has 0 atom stereocenters. The quantitative estimate of drug-likeness (QED) is 0.825. The zero-order chi connectivity index (χ0) is 11.1. The molecule has 5 nitrogen and oxygen atoms in total. The highest BCUT2D eigenvalue weighted by atomic mass is 32.1. The predicted molar refractivity (Wildman–Crippen MR) is 56.9 cm³/mol. The summed E-state index contributed by atoms with van der Waals surface area (Å²) in [6.45, 7) is 1.07. The molecule has 1 aromatic heterocycles. The SMILES string of the molecule is COCc1nc(CCNC(=O)OC)cs1. The van der Waals surface area contributed by atoms with Crippen molar-refractivity contribution in [1.82, 2.24) is 10.3 Å². The van der Waals surface area contributed by atoms with Crippen molar-refractivity contribution in [2.75, 3.05) is 20.8 Å². The molecule has 0 saturated heterocycles. The third-order valence-electron chi connectivity index (χ3n) is 1.70. The Kier molecular flexibility index (Phi) is 5.06. The molecule has 0 radical (unpaired) electrons. The van der Waals surface area contributed by atoms with Crippen LogP contribution in [0.1, 0.15) is 10.7 Å². The van der Waals surface area contributed by atoms with Gasteiger partial charge in [-0.3, -0.25) is 0 Å². The van der Waals surface area contributed by atoms with Crippen molar-refractivity contribution in [2.45, 2.75) is 13.0 Å². The van der Waals surface area contributed by atoms with E-state index in [1.807, 2.05) is 5.38 Å². The lowest BCUT2D eigenvalue weighted by molar-refractivity contribution is 0.171. The number of nitrogens with one attached hydrogen (secondary N) is 1. The number of carbonyl (C=O) groups excluding carboxylic acids is 1. The van der Waals surface area contributed by atoms with Crippen molar-refractivity contribution >= 4 is 17.4 Å². The van der Waals surface area contributed by atoms with Crippen molar-refractivity contribution in [3.63, 3.8) is 0 Å². The number of hydrogen-bond donors (Lipinski definition) is 1. The van der Waals surface area contributed by atoms with Crippen LogP contribution in [0.15, 0.2) is 5.38 Å². The van der Waals surface area contributed by atoms with Crippen LogP contribution < -0.4 is 5.32 Å². The van der Waals surface area contributed by atoms with E-state index in [0.29, 0.717) is 19.6 Å². The van der Waals surface area contributed by atoms with Gasteiger partial charge in [-0.15, -0.1) is 11.3 Å². The minimum Gasteiger partial charge on any atom is -0.453 e. The number of hydrogen-bond acceptors (Lipinski definition) is 5. The van der Waals surface area contributed by atoms with E-state index in [1.165, 1.54) is 7.11 Å². The van der Waals surface area contributed by atoms with E-state index in [0.717, 1.165) is 10.7 Å². The minimum atomic E-state index is -0.414. The van der Waals surface area contributed by atoms with Crippen molar-refractivity contribution in [3.8, 4) is 0 Å². The van der Waals surface area contributed by atoms with Crippen LogP contribution in [0, 0.1) is 0 Å². The van der Waals surface area contributed by atoms with E-state index in [4.69, 9.17) is 4.74 Å². The van der Waals surface area contributed by atoms with E-state index in [2.05, 4.69) is 15.0 Å². The van der Waals surface area contributed by atoms with Gasteiger partial charge in [0.15, 0.2) is 0 Å². The van der Waals surface area contributed by atoms with Crippen LogP contribution in [-0.2, 0) is 22.5 Å². The highest BCUT2D eigenvalue weighted by Crippen LogP contribution is 2.10. The first kappa shape index (κ1) is 11.9. The third kappa shape index (κ3) is 4.26. The van der Waals surface area contributed by atoms with Crippen molar-refractivity contribution < 1.29 is 14.3 Å². The number of alkyl carbamates (subject to hydrolysis) is 1. The summed E-state index contributed by atoms with van der Waals surface area (Å²) in [5.74, 6) is 0. The van der Waals surface area contributed by atoms with Crippen molar-refractivity contribution in [1.29, 1.82) is 0 Å². The Morgan fingerprint density at radius 1 is 1.60 bits per heavy atom. The Morgan fingerprint density at radius 3 is 3.07 bits per heavy atom. The molecule has 0 aliphatic rings. The molecule has 0 unspecified atom stereocenters. The highest BCUT2D eigenvalue weighted by molar-refractivity contribution is 7.09. The summed E-state index contributed by atoms with van der Waals surface area (Å²) in [6.07, 6.45) is 0.289. The Hall–Kier alpha value is -1.14. The number of methoxy groups -OCH3 is 2. The van der Waals surface area contributed by atoms with Crippen LogP contribution in [0.3, 0.4) is 0 Å². The molecule has 1 aromatic rings. The maximum Gasteiger partial charge on any atom is 0.406 e. The fourth-order valence-electron chi connectivity index (χ4n) is 1.02. The lowest BCUT2D eigenvalue weighted by atomic mass is 10.3. The average Bonchev–Trinajstić information content (AvgIpc) is 2.66. The van der Waals surface area contributed by atoms with Crippen LogP contribution in [0.25, 0.3) is 0 Å². The van der Waals surface area contributed by atoms with Crippen LogP contribution in [0.5, 0.6) is 0 Å². The highest BCUT2D eigenvalue weighted by Gasteiger charge is 2.02. The predicted octanol–water partition coefficient (Wildman–Crippen LogP) is 1.19. The summed E-state index contributed by atoms with van der Waals surface area (Å²) < 4.78 is 9.40. The lowest BCUT2D eigenvalue weighted by Crippen LogP contribution is -2.25. The first-order valence-electron chi connectivity index (χ1n) is 4.50. The number of amides is 1. The molecule has 84 valence electrons. The minimum absolute atomic E-state index is 0.414. The standard InChI is InChI=1S/C9H14N2O3S/c1-13-5-8-11-7(6-15-8)3-4-10-9(12)14-2/h6H,3-5H2,1-2H3,(H,10,12). The Balaban J connectivity index is 2.28. The van der Waals surface area contributed by atoms with E-state index in [1.54, 1.807) is 18.4 Å². The van der Waals surface area contributed by atoms with Crippen LogP contribution in [-0.4, -0.2) is 31.8 Å². The monoisotopic (exact) mass is 230 g/mol. The van der Waals surface area contributed by atoms with Crippen LogP contribution in [0.2, 0.25) is 0 Å². The number of thiazole rings is 1. The van der Waals surface area contributed by atoms with Gasteiger partial charge in [-0.25, -0.2) is 9.78 Å². The molecular formula is C9H14N2O3S. The number of ether oxygens (including phenoxy) is 2. The van der Waals surface area contributed by atoms with Gasteiger partial charge in [0.1, 0.15) is 5.01 Å². The number of nitrogens with zero attached hydrogens (tertiary/aromatic N) is 1. The van der Waals surface area contributed by atoms with E-state index in [-0.39, 0.29) is 0 Å². The fourth-order valence-corrected chi connectivity index (χ4v) is 1.82. The average molecular weight is 230 g/mol. The largest absolute Gasteiger partial charge is 0.453 e. The lowest BCUT2D eigenvalue weighted by Gasteiger charge is -2.00. The van der Waals surface area contributed by atoms with Crippen LogP contribution >= 0.6 is 11.3 Å². The van der Waals surface area contributed by atoms with Gasteiger partial charge in [-0.2, -0.15) is 0 Å². The molecule has 0 fully saturated rings. The first-order valence-corrected chi connectivity index (χ1v) is 5.38. The molecule has 1 N–H and O–H groups in total. The molecule has 6 heteroatoms. The second-order valence-electron chi connectivity index (χ2n) is 2.83. The van der Waals surface area contributed by atoms with Gasteiger partial charge in [0.2, 0.25) is 0 Å². The van der Waals surface area contributed by atoms with Gasteiger partial charge in [0, 0.05) is 25.5 Å². The Bertz CT molecular complexity index is 314. The summed E-state index contributed by atoms with van der Waals surface area (Å²) >= 11 is 1.56. The van der Waals surface area contributed by atoms with Gasteiger partial charge >= 0.3 is 6.09 Å². The summed E-state index contributed by atoms with van der Waals surface area (Å²) in [5, 5.41) is 5.51. The van der Waals surface area contributed by atoms with E-state index < -0.39 is 6.09 Å². The number of rotatable bonds is 5. The van der Waals surface area contributed by atoms with Gasteiger partial charge in [0.05, 0.1) is 19.4 Å². The molecule has 0 aliphatic heterocycles. The second kappa shape index (κ2) is 6.36. The number of aromatic nitrogens is 1. The molecule has 0 saturated carbocycles. The molecular weight excluding hydrogens is 216 g/mol. The first-order chi connectivity index (χ1) is 7.26. The zero-order valence-electron chi connectivity index (χ0n) is 8.78. The zero-order valence-corrected chi connectivity index (χ0v) is 9.60. The van der Waals surface area contributed by atoms with E-state index >= 15 is 0 Å². The summed E-state index contributed by atoms with van der Waals surface area (Å²) in [5.41, 5.74) is 0.962. The smallest absolute Gasteiger partial charge is 0.406 e. The molecule has 0 bridgehead atoms. The molecule has 1 rings (SSSR count). The molecule has 1 amide bonds. The summed E-state index contributed by atoms with van der Waals surface area (Å²) in [6, 6.07) is 0. The van der Waals surface area contributed by atoms with Gasteiger partial charge in [-0.05, 0) is 0 Å². The van der Waals surface area contributed by atoms with Gasteiger partial charge < -0.3 is 14.8 Å². The molecule has 0 spiro atoms. The van der Waals surface area contributed by atoms with Crippen LogP contribution in [0.4, 0.5) is 4.79 Å². The summed E-state index contributed by atoms with van der Waals surface area (Å²) in [7, 11) is 2.98.